The van der Waals surface area contributed by atoms with E-state index in [2.05, 4.69) is 5.32 Å². The van der Waals surface area contributed by atoms with E-state index in [0.29, 0.717) is 6.54 Å². The van der Waals surface area contributed by atoms with E-state index in [9.17, 15) is 4.79 Å². The number of methoxy groups -OCH3 is 1. The third kappa shape index (κ3) is 6.10. The van der Waals surface area contributed by atoms with Gasteiger partial charge >= 0.3 is 0 Å². The van der Waals surface area contributed by atoms with Crippen LogP contribution in [-0.2, 0) is 17.0 Å². The van der Waals surface area contributed by atoms with E-state index in [1.807, 2.05) is 55.5 Å². The molecule has 1 N–H and O–H groups in total. The Kier molecular flexibility index (Phi) is 7.47. The topological polar surface area (TPSA) is 38.3 Å². The van der Waals surface area contributed by atoms with Crippen LogP contribution in [0.4, 0.5) is 0 Å². The monoisotopic (exact) mass is 363 g/mol. The molecule has 0 spiro atoms. The lowest BCUT2D eigenvalue weighted by Gasteiger charge is -2.12. The van der Waals surface area contributed by atoms with E-state index < -0.39 is 0 Å². The summed E-state index contributed by atoms with van der Waals surface area (Å²) in [5.41, 5.74) is 2.35. The molecule has 0 bridgehead atoms. The normalized spacial score (nSPS) is 11.8. The minimum Gasteiger partial charge on any atom is -0.497 e. The molecule has 1 amide bonds. The Hall–Kier alpha value is -1.65. The highest BCUT2D eigenvalue weighted by atomic mass is 35.5. The highest BCUT2D eigenvalue weighted by Crippen LogP contribution is 2.19. The van der Waals surface area contributed by atoms with Gasteiger partial charge in [-0.2, -0.15) is 0 Å². The smallest absolute Gasteiger partial charge is 0.232 e. The molecule has 1 atom stereocenters. The first-order valence-corrected chi connectivity index (χ1v) is 9.28. The second kappa shape index (κ2) is 9.60. The third-order valence-electron chi connectivity index (χ3n) is 3.65. The molecule has 0 aliphatic rings. The predicted octanol–water partition coefficient (Wildman–Crippen LogP) is 4.33. The van der Waals surface area contributed by atoms with Crippen LogP contribution in [0.15, 0.2) is 48.5 Å². The first-order valence-electron chi connectivity index (χ1n) is 7.85. The van der Waals surface area contributed by atoms with E-state index in [-0.39, 0.29) is 11.2 Å². The fourth-order valence-corrected chi connectivity index (χ4v) is 3.14. The van der Waals surface area contributed by atoms with Crippen molar-refractivity contribution in [3.05, 3.63) is 64.7 Å². The van der Waals surface area contributed by atoms with Gasteiger partial charge in [0.2, 0.25) is 5.91 Å². The molecule has 3 nitrogen and oxygen atoms in total. The number of halogens is 1. The molecular weight excluding hydrogens is 342 g/mol. The molecule has 0 fully saturated rings. The Labute approximate surface area is 152 Å². The molecule has 5 heteroatoms. The highest BCUT2D eigenvalue weighted by Gasteiger charge is 2.12. The fraction of sp³-hybridized carbons (Fsp3) is 0.316. The summed E-state index contributed by atoms with van der Waals surface area (Å²) in [6.45, 7) is 2.57. The van der Waals surface area contributed by atoms with Crippen molar-refractivity contribution in [2.75, 3.05) is 13.7 Å². The van der Waals surface area contributed by atoms with Crippen LogP contribution in [0.25, 0.3) is 0 Å². The lowest BCUT2D eigenvalue weighted by molar-refractivity contribution is -0.120. The molecule has 2 rings (SSSR count). The first-order chi connectivity index (χ1) is 11.6. The van der Waals surface area contributed by atoms with Crippen molar-refractivity contribution in [2.24, 2.45) is 0 Å². The van der Waals surface area contributed by atoms with E-state index in [0.717, 1.165) is 22.9 Å². The molecule has 0 radical (unpaired) electrons. The summed E-state index contributed by atoms with van der Waals surface area (Å²) in [6.07, 6.45) is 0.810. The molecule has 128 valence electrons. The van der Waals surface area contributed by atoms with Gasteiger partial charge in [-0.25, -0.2) is 0 Å². The lowest BCUT2D eigenvalue weighted by Crippen LogP contribution is -2.32. The zero-order valence-electron chi connectivity index (χ0n) is 13.9. The van der Waals surface area contributed by atoms with Gasteiger partial charge in [-0.05, 0) is 48.7 Å². The SMILES string of the molecule is COc1ccc(CCNC(=O)[C@H](C)SCc2ccc(Cl)cc2)cc1. The van der Waals surface area contributed by atoms with E-state index in [4.69, 9.17) is 16.3 Å². The molecule has 0 aliphatic carbocycles. The Morgan fingerprint density at radius 3 is 2.38 bits per heavy atom. The van der Waals surface area contributed by atoms with Crippen molar-refractivity contribution in [3.8, 4) is 5.75 Å². The molecule has 0 aliphatic heterocycles. The number of hydrogen-bond acceptors (Lipinski definition) is 3. The number of thioether (sulfide) groups is 1. The molecule has 2 aromatic carbocycles. The maximum absolute atomic E-state index is 12.1. The summed E-state index contributed by atoms with van der Waals surface area (Å²) in [4.78, 5) is 12.1. The third-order valence-corrected chi connectivity index (χ3v) is 5.12. The summed E-state index contributed by atoms with van der Waals surface area (Å²) < 4.78 is 5.13. The van der Waals surface area contributed by atoms with Crippen LogP contribution >= 0.6 is 23.4 Å². The van der Waals surface area contributed by atoms with Gasteiger partial charge in [0.15, 0.2) is 0 Å². The van der Waals surface area contributed by atoms with Crippen LogP contribution in [0.2, 0.25) is 5.02 Å². The summed E-state index contributed by atoms with van der Waals surface area (Å²) in [7, 11) is 1.65. The molecule has 24 heavy (non-hydrogen) atoms. The summed E-state index contributed by atoms with van der Waals surface area (Å²) in [5.74, 6) is 1.71. The molecule has 0 aromatic heterocycles. The van der Waals surface area contributed by atoms with Gasteiger partial charge in [0.05, 0.1) is 12.4 Å². The fourth-order valence-electron chi connectivity index (χ4n) is 2.14. The predicted molar refractivity (Wildman–Crippen MR) is 102 cm³/mol. The van der Waals surface area contributed by atoms with Crippen molar-refractivity contribution < 1.29 is 9.53 Å². The quantitative estimate of drug-likeness (QED) is 0.758. The standard InChI is InChI=1S/C19H22ClNO2S/c1-14(24-13-16-3-7-17(20)8-4-16)19(22)21-12-11-15-5-9-18(23-2)10-6-15/h3-10,14H,11-13H2,1-2H3,(H,21,22)/t14-/m0/s1. The number of hydrogen-bond donors (Lipinski definition) is 1. The Bertz CT molecular complexity index is 643. The largest absolute Gasteiger partial charge is 0.497 e. The van der Waals surface area contributed by atoms with Crippen LogP contribution in [0, 0.1) is 0 Å². The molecule has 0 saturated heterocycles. The van der Waals surface area contributed by atoms with Crippen LogP contribution < -0.4 is 10.1 Å². The van der Waals surface area contributed by atoms with Crippen molar-refractivity contribution >= 4 is 29.3 Å². The minimum absolute atomic E-state index is 0.0717. The molecule has 0 unspecified atom stereocenters. The molecular formula is C19H22ClNO2S. The van der Waals surface area contributed by atoms with Crippen LogP contribution in [0.5, 0.6) is 5.75 Å². The molecule has 0 heterocycles. The molecule has 0 saturated carbocycles. The second-order valence-electron chi connectivity index (χ2n) is 5.47. The number of nitrogens with one attached hydrogen (secondary N) is 1. The van der Waals surface area contributed by atoms with E-state index >= 15 is 0 Å². The average Bonchev–Trinajstić information content (AvgIpc) is 2.61. The van der Waals surface area contributed by atoms with E-state index in [1.54, 1.807) is 18.9 Å². The zero-order chi connectivity index (χ0) is 17.4. The zero-order valence-corrected chi connectivity index (χ0v) is 15.5. The van der Waals surface area contributed by atoms with Crippen molar-refractivity contribution in [3.63, 3.8) is 0 Å². The summed E-state index contributed by atoms with van der Waals surface area (Å²) in [5, 5.41) is 3.64. The first kappa shape index (κ1) is 18.7. The maximum atomic E-state index is 12.1. The number of rotatable bonds is 8. The van der Waals surface area contributed by atoms with E-state index in [1.165, 1.54) is 11.1 Å². The number of carbonyl (C=O) groups excluding carboxylic acids is 1. The average molecular weight is 364 g/mol. The van der Waals surface area contributed by atoms with Crippen LogP contribution in [-0.4, -0.2) is 24.8 Å². The Morgan fingerprint density at radius 1 is 1.12 bits per heavy atom. The number of carbonyl (C=O) groups is 1. The van der Waals surface area contributed by atoms with Gasteiger partial charge < -0.3 is 10.1 Å². The van der Waals surface area contributed by atoms with Gasteiger partial charge in [-0.1, -0.05) is 35.9 Å². The van der Waals surface area contributed by atoms with Crippen LogP contribution in [0.3, 0.4) is 0 Å². The lowest BCUT2D eigenvalue weighted by atomic mass is 10.1. The summed E-state index contributed by atoms with van der Waals surface area (Å²) in [6, 6.07) is 15.6. The number of benzene rings is 2. The number of amides is 1. The van der Waals surface area contributed by atoms with Crippen molar-refractivity contribution in [1.82, 2.24) is 5.32 Å². The maximum Gasteiger partial charge on any atom is 0.232 e. The van der Waals surface area contributed by atoms with Gasteiger partial charge in [0.25, 0.3) is 0 Å². The molecule has 2 aromatic rings. The minimum atomic E-state index is -0.0865. The van der Waals surface area contributed by atoms with Gasteiger partial charge in [0.1, 0.15) is 5.75 Å². The van der Waals surface area contributed by atoms with Gasteiger partial charge in [-0.15, -0.1) is 11.8 Å². The Balaban J connectivity index is 1.69. The second-order valence-corrected chi connectivity index (χ2v) is 7.23. The van der Waals surface area contributed by atoms with Crippen molar-refractivity contribution in [2.45, 2.75) is 24.3 Å². The highest BCUT2D eigenvalue weighted by molar-refractivity contribution is 7.99. The van der Waals surface area contributed by atoms with Crippen molar-refractivity contribution in [1.29, 1.82) is 0 Å². The van der Waals surface area contributed by atoms with Crippen LogP contribution in [0.1, 0.15) is 18.1 Å². The van der Waals surface area contributed by atoms with Gasteiger partial charge in [-0.3, -0.25) is 4.79 Å². The summed E-state index contributed by atoms with van der Waals surface area (Å²) >= 11 is 7.49. The van der Waals surface area contributed by atoms with Gasteiger partial charge in [0, 0.05) is 17.3 Å². The number of ether oxygens (including phenoxy) is 1. The Morgan fingerprint density at radius 2 is 1.75 bits per heavy atom.